The Hall–Kier alpha value is -0.870. The molecule has 0 bridgehead atoms. The summed E-state index contributed by atoms with van der Waals surface area (Å²) in [6.45, 7) is 4.91. The average molecular weight is 325 g/mol. The van der Waals surface area contributed by atoms with Crippen LogP contribution in [0.5, 0.6) is 0 Å². The molecule has 0 spiro atoms. The van der Waals surface area contributed by atoms with E-state index >= 15 is 0 Å². The van der Waals surface area contributed by atoms with Gasteiger partial charge in [0.05, 0.1) is 6.42 Å². The van der Waals surface area contributed by atoms with Crippen molar-refractivity contribution in [3.63, 3.8) is 0 Å². The Labute approximate surface area is 123 Å². The fraction of sp³-hybridized carbons (Fsp3) is 0.533. The number of amides is 1. The number of hydrogen-bond donors (Lipinski definition) is 1. The zero-order valence-corrected chi connectivity index (χ0v) is 12.9. The van der Waals surface area contributed by atoms with E-state index in [1.807, 2.05) is 29.2 Å². The van der Waals surface area contributed by atoms with Crippen molar-refractivity contribution in [2.75, 3.05) is 19.6 Å². The molecule has 1 N–H and O–H groups in total. The molecular formula is C15H21BrN2O. The lowest BCUT2D eigenvalue weighted by Crippen LogP contribution is -2.46. The average Bonchev–Trinajstić information content (AvgIpc) is 2.41. The summed E-state index contributed by atoms with van der Waals surface area (Å²) in [6, 6.07) is 8.41. The molecule has 1 aliphatic heterocycles. The van der Waals surface area contributed by atoms with Crippen LogP contribution in [-0.2, 0) is 11.2 Å². The van der Waals surface area contributed by atoms with E-state index in [1.54, 1.807) is 0 Å². The van der Waals surface area contributed by atoms with E-state index in [9.17, 15) is 4.79 Å². The number of nitrogens with zero attached hydrogens (tertiary/aromatic N) is 1. The lowest BCUT2D eigenvalue weighted by Gasteiger charge is -2.34. The number of halogens is 1. The molecule has 19 heavy (non-hydrogen) atoms. The van der Waals surface area contributed by atoms with Gasteiger partial charge in [0.2, 0.25) is 5.91 Å². The Balaban J connectivity index is 2.00. The van der Waals surface area contributed by atoms with Crippen molar-refractivity contribution in [1.29, 1.82) is 0 Å². The molecule has 0 atom stereocenters. The smallest absolute Gasteiger partial charge is 0.227 e. The molecule has 1 amide bonds. The van der Waals surface area contributed by atoms with Crippen molar-refractivity contribution in [3.05, 3.63) is 34.3 Å². The zero-order chi connectivity index (χ0) is 13.7. The highest BCUT2D eigenvalue weighted by Gasteiger charge is 2.23. The Morgan fingerprint density at radius 1 is 1.42 bits per heavy atom. The summed E-state index contributed by atoms with van der Waals surface area (Å²) in [5, 5.41) is 3.35. The lowest BCUT2D eigenvalue weighted by atomic mass is 10.0. The van der Waals surface area contributed by atoms with Crippen molar-refractivity contribution >= 4 is 21.8 Å². The number of nitrogens with one attached hydrogen (secondary N) is 1. The molecule has 0 saturated carbocycles. The molecule has 1 aliphatic rings. The van der Waals surface area contributed by atoms with E-state index in [-0.39, 0.29) is 5.91 Å². The number of benzene rings is 1. The predicted molar refractivity (Wildman–Crippen MR) is 81.1 cm³/mol. The number of carbonyl (C=O) groups excluding carboxylic acids is 1. The van der Waals surface area contributed by atoms with E-state index in [2.05, 4.69) is 28.2 Å². The maximum Gasteiger partial charge on any atom is 0.227 e. The highest BCUT2D eigenvalue weighted by Crippen LogP contribution is 2.16. The van der Waals surface area contributed by atoms with Gasteiger partial charge in [-0.1, -0.05) is 28.1 Å². The van der Waals surface area contributed by atoms with Gasteiger partial charge in [-0.2, -0.15) is 0 Å². The summed E-state index contributed by atoms with van der Waals surface area (Å²) >= 11 is 3.45. The van der Waals surface area contributed by atoms with Crippen molar-refractivity contribution in [2.24, 2.45) is 0 Å². The van der Waals surface area contributed by atoms with E-state index in [0.717, 1.165) is 42.5 Å². The third-order valence-corrected chi connectivity index (χ3v) is 4.15. The van der Waals surface area contributed by atoms with Gasteiger partial charge in [0.25, 0.3) is 0 Å². The maximum absolute atomic E-state index is 12.4. The van der Waals surface area contributed by atoms with E-state index < -0.39 is 0 Å². The number of piperidine rings is 1. The third-order valence-electron chi connectivity index (χ3n) is 3.65. The van der Waals surface area contributed by atoms with Gasteiger partial charge in [-0.05, 0) is 50.6 Å². The number of likely N-dealkylation sites (N-methyl/N-ethyl adjacent to an activating group) is 1. The number of rotatable bonds is 4. The number of carbonyl (C=O) groups is 1. The van der Waals surface area contributed by atoms with Gasteiger partial charge in [0.15, 0.2) is 0 Å². The molecule has 1 aromatic rings. The molecule has 0 aliphatic carbocycles. The normalized spacial score (nSPS) is 16.3. The first-order valence-corrected chi connectivity index (χ1v) is 7.74. The monoisotopic (exact) mass is 324 g/mol. The van der Waals surface area contributed by atoms with E-state index in [0.29, 0.717) is 12.5 Å². The first kappa shape index (κ1) is 14.5. The standard InChI is InChI=1S/C15H21BrN2O/c1-2-18(14-6-8-17-9-7-14)15(19)11-12-4-3-5-13(16)10-12/h3-5,10,14,17H,2,6-9,11H2,1H3. The van der Waals surface area contributed by atoms with Gasteiger partial charge in [-0.25, -0.2) is 0 Å². The summed E-state index contributed by atoms with van der Waals surface area (Å²) < 4.78 is 1.03. The van der Waals surface area contributed by atoms with Crippen LogP contribution >= 0.6 is 15.9 Å². The van der Waals surface area contributed by atoms with Gasteiger partial charge >= 0.3 is 0 Å². The second-order valence-corrected chi connectivity index (χ2v) is 5.88. The van der Waals surface area contributed by atoms with Gasteiger partial charge in [-0.15, -0.1) is 0 Å². The summed E-state index contributed by atoms with van der Waals surface area (Å²) in [7, 11) is 0. The number of hydrogen-bond acceptors (Lipinski definition) is 2. The van der Waals surface area contributed by atoms with Crippen molar-refractivity contribution in [1.82, 2.24) is 10.2 Å². The molecule has 4 heteroatoms. The highest BCUT2D eigenvalue weighted by atomic mass is 79.9. The van der Waals surface area contributed by atoms with Crippen LogP contribution in [0.15, 0.2) is 28.7 Å². The van der Waals surface area contributed by atoms with Gasteiger partial charge in [0.1, 0.15) is 0 Å². The van der Waals surface area contributed by atoms with Crippen LogP contribution in [-0.4, -0.2) is 36.5 Å². The summed E-state index contributed by atoms with van der Waals surface area (Å²) in [6.07, 6.45) is 2.63. The summed E-state index contributed by atoms with van der Waals surface area (Å²) in [4.78, 5) is 14.5. The highest BCUT2D eigenvalue weighted by molar-refractivity contribution is 9.10. The summed E-state index contributed by atoms with van der Waals surface area (Å²) in [5.41, 5.74) is 1.08. The Morgan fingerprint density at radius 2 is 2.16 bits per heavy atom. The Kier molecular flexibility index (Phi) is 5.40. The van der Waals surface area contributed by atoms with Crippen LogP contribution in [0.4, 0.5) is 0 Å². The minimum absolute atomic E-state index is 0.243. The third kappa shape index (κ3) is 4.05. The molecule has 1 aromatic carbocycles. The quantitative estimate of drug-likeness (QED) is 0.923. The van der Waals surface area contributed by atoms with Gasteiger partial charge in [0, 0.05) is 17.1 Å². The van der Waals surface area contributed by atoms with Crippen LogP contribution in [0.25, 0.3) is 0 Å². The Morgan fingerprint density at radius 3 is 2.79 bits per heavy atom. The fourth-order valence-corrected chi connectivity index (χ4v) is 3.13. The predicted octanol–water partition coefficient (Wildman–Crippen LogP) is 2.59. The summed E-state index contributed by atoms with van der Waals surface area (Å²) in [5.74, 6) is 0.243. The van der Waals surface area contributed by atoms with Gasteiger partial charge in [-0.3, -0.25) is 4.79 Å². The van der Waals surface area contributed by atoms with Crippen molar-refractivity contribution < 1.29 is 4.79 Å². The minimum atomic E-state index is 0.243. The van der Waals surface area contributed by atoms with Gasteiger partial charge < -0.3 is 10.2 Å². The second kappa shape index (κ2) is 7.06. The molecule has 2 rings (SSSR count). The molecular weight excluding hydrogens is 304 g/mol. The zero-order valence-electron chi connectivity index (χ0n) is 11.4. The minimum Gasteiger partial charge on any atom is -0.340 e. The molecule has 1 heterocycles. The van der Waals surface area contributed by atoms with E-state index in [4.69, 9.17) is 0 Å². The molecule has 0 unspecified atom stereocenters. The fourth-order valence-electron chi connectivity index (χ4n) is 2.68. The SMILES string of the molecule is CCN(C(=O)Cc1cccc(Br)c1)C1CCNCC1. The topological polar surface area (TPSA) is 32.3 Å². The van der Waals surface area contributed by atoms with Crippen LogP contribution < -0.4 is 5.32 Å². The van der Waals surface area contributed by atoms with Crippen LogP contribution in [0, 0.1) is 0 Å². The van der Waals surface area contributed by atoms with E-state index in [1.165, 1.54) is 0 Å². The second-order valence-electron chi connectivity index (χ2n) is 4.97. The molecule has 3 nitrogen and oxygen atoms in total. The molecule has 0 radical (unpaired) electrons. The molecule has 0 aromatic heterocycles. The Bertz CT molecular complexity index is 430. The molecule has 1 saturated heterocycles. The largest absolute Gasteiger partial charge is 0.340 e. The van der Waals surface area contributed by atoms with Crippen LogP contribution in [0.1, 0.15) is 25.3 Å². The van der Waals surface area contributed by atoms with Crippen LogP contribution in [0.2, 0.25) is 0 Å². The molecule has 1 fully saturated rings. The molecule has 104 valence electrons. The van der Waals surface area contributed by atoms with Crippen LogP contribution in [0.3, 0.4) is 0 Å². The van der Waals surface area contributed by atoms with Crippen molar-refractivity contribution in [2.45, 2.75) is 32.2 Å². The first-order chi connectivity index (χ1) is 9.20. The lowest BCUT2D eigenvalue weighted by molar-refractivity contribution is -0.133. The maximum atomic E-state index is 12.4. The van der Waals surface area contributed by atoms with Crippen molar-refractivity contribution in [3.8, 4) is 0 Å². The first-order valence-electron chi connectivity index (χ1n) is 6.95.